The average molecular weight is 850 g/mol. The highest BCUT2D eigenvalue weighted by Gasteiger charge is 2.27. The van der Waals surface area contributed by atoms with Crippen LogP contribution in [0.25, 0.3) is 111 Å². The van der Waals surface area contributed by atoms with E-state index < -0.39 is 11.6 Å². The highest BCUT2D eigenvalue weighted by molar-refractivity contribution is 6.14. The van der Waals surface area contributed by atoms with Crippen molar-refractivity contribution in [3.05, 3.63) is 242 Å². The fourth-order valence-corrected chi connectivity index (χ4v) is 9.84. The molecule has 2 aromatic heterocycles. The lowest BCUT2D eigenvalue weighted by Crippen LogP contribution is -2.07. The Labute approximate surface area is 379 Å². The Morgan fingerprint density at radius 1 is 0.333 bits per heavy atom. The zero-order valence-electron chi connectivity index (χ0n) is 35.5. The molecule has 0 bridgehead atoms. The summed E-state index contributed by atoms with van der Waals surface area (Å²) < 4.78 is 37.1. The van der Waals surface area contributed by atoms with E-state index in [1.165, 1.54) is 18.2 Å². The zero-order chi connectivity index (χ0) is 44.3. The highest BCUT2D eigenvalue weighted by atomic mass is 19.1. The van der Waals surface area contributed by atoms with Gasteiger partial charge in [-0.05, 0) is 93.0 Å². The summed E-state index contributed by atoms with van der Waals surface area (Å²) in [6.07, 6.45) is 0. The molecular formula is C61H37F2N3. The van der Waals surface area contributed by atoms with Gasteiger partial charge in [-0.3, -0.25) is 0 Å². The van der Waals surface area contributed by atoms with E-state index in [4.69, 9.17) is 0 Å². The number of nitriles is 1. The molecule has 12 rings (SSSR count). The molecular weight excluding hydrogens is 813 g/mol. The van der Waals surface area contributed by atoms with Crippen LogP contribution < -0.4 is 0 Å². The standard InChI is InChI=1S/C61H37F2N3/c62-53-22-13-23-54(63)60(53)51-32-33-55(65-56-34-43(39-14-5-1-6-15-39)24-28-47(56)48-29-25-44(35-57(48)65)40-16-7-2-8-17-40)52(38-64)61(51)66-58-36-45(41-18-9-3-10-19-41)26-30-49(58)50-31-27-46(37-59(50)66)42-20-11-4-12-21-42/h1-37H. The van der Waals surface area contributed by atoms with E-state index in [2.05, 4.69) is 137 Å². The Kier molecular flexibility index (Phi) is 9.25. The van der Waals surface area contributed by atoms with Crippen molar-refractivity contribution < 1.29 is 8.78 Å². The molecule has 0 N–H and O–H groups in total. The third-order valence-electron chi connectivity index (χ3n) is 12.9. The van der Waals surface area contributed by atoms with E-state index in [1.807, 2.05) is 78.9 Å². The number of halogens is 2. The SMILES string of the molecule is N#Cc1c(-n2c3cc(-c4ccccc4)ccc3c3ccc(-c4ccccc4)cc32)ccc(-c2c(F)cccc2F)c1-n1c2cc(-c3ccccc3)ccc2c2ccc(-c3ccccc3)cc21. The third-order valence-corrected chi connectivity index (χ3v) is 12.9. The first-order valence-electron chi connectivity index (χ1n) is 21.9. The van der Waals surface area contributed by atoms with Gasteiger partial charge < -0.3 is 9.13 Å². The second kappa shape index (κ2) is 15.7. The molecule has 0 amide bonds. The number of benzene rings is 10. The summed E-state index contributed by atoms with van der Waals surface area (Å²) >= 11 is 0. The number of hydrogen-bond acceptors (Lipinski definition) is 1. The van der Waals surface area contributed by atoms with Crippen LogP contribution in [0.5, 0.6) is 0 Å². The van der Waals surface area contributed by atoms with Crippen molar-refractivity contribution in [1.29, 1.82) is 5.26 Å². The van der Waals surface area contributed by atoms with E-state index in [9.17, 15) is 5.26 Å². The minimum atomic E-state index is -0.722. The van der Waals surface area contributed by atoms with E-state index in [1.54, 1.807) is 6.07 Å². The topological polar surface area (TPSA) is 33.6 Å². The van der Waals surface area contributed by atoms with Crippen LogP contribution in [0.3, 0.4) is 0 Å². The van der Waals surface area contributed by atoms with Crippen LogP contribution in [0.15, 0.2) is 224 Å². The molecule has 10 aromatic carbocycles. The van der Waals surface area contributed by atoms with Crippen molar-refractivity contribution in [3.8, 4) is 73.1 Å². The normalized spacial score (nSPS) is 11.5. The van der Waals surface area contributed by atoms with Crippen molar-refractivity contribution in [3.63, 3.8) is 0 Å². The largest absolute Gasteiger partial charge is 0.308 e. The molecule has 0 atom stereocenters. The summed E-state index contributed by atoms with van der Waals surface area (Å²) in [5.41, 5.74) is 12.8. The van der Waals surface area contributed by atoms with Gasteiger partial charge in [-0.15, -0.1) is 0 Å². The van der Waals surface area contributed by atoms with Crippen LogP contribution in [-0.2, 0) is 0 Å². The maximum Gasteiger partial charge on any atom is 0.134 e. The lowest BCUT2D eigenvalue weighted by molar-refractivity contribution is 0.589. The van der Waals surface area contributed by atoms with Crippen molar-refractivity contribution >= 4 is 43.6 Å². The van der Waals surface area contributed by atoms with Gasteiger partial charge >= 0.3 is 0 Å². The summed E-state index contributed by atoms with van der Waals surface area (Å²) in [4.78, 5) is 0. The highest BCUT2D eigenvalue weighted by Crippen LogP contribution is 2.45. The third kappa shape index (κ3) is 6.31. The van der Waals surface area contributed by atoms with Gasteiger partial charge in [-0.1, -0.05) is 176 Å². The number of rotatable bonds is 7. The minimum Gasteiger partial charge on any atom is -0.308 e. The number of hydrogen-bond donors (Lipinski definition) is 0. The van der Waals surface area contributed by atoms with Crippen LogP contribution in [0.1, 0.15) is 5.56 Å². The van der Waals surface area contributed by atoms with Crippen molar-refractivity contribution in [2.75, 3.05) is 0 Å². The lowest BCUT2D eigenvalue weighted by atomic mass is 9.96. The zero-order valence-corrected chi connectivity index (χ0v) is 35.5. The molecule has 12 aromatic rings. The quantitative estimate of drug-likeness (QED) is 0.157. The van der Waals surface area contributed by atoms with E-state index >= 15 is 8.78 Å². The molecule has 0 aliphatic rings. The number of aromatic nitrogens is 2. The first-order chi connectivity index (χ1) is 32.5. The molecule has 0 aliphatic heterocycles. The molecule has 0 aliphatic carbocycles. The summed E-state index contributed by atoms with van der Waals surface area (Å²) in [6, 6.07) is 76.6. The second-order valence-electron chi connectivity index (χ2n) is 16.6. The van der Waals surface area contributed by atoms with Gasteiger partial charge in [0.05, 0.1) is 39.0 Å². The smallest absolute Gasteiger partial charge is 0.134 e. The molecule has 0 unspecified atom stereocenters. The van der Waals surface area contributed by atoms with Crippen LogP contribution >= 0.6 is 0 Å². The van der Waals surface area contributed by atoms with Crippen LogP contribution in [-0.4, -0.2) is 9.13 Å². The average Bonchev–Trinajstić information content (AvgIpc) is 3.88. The van der Waals surface area contributed by atoms with Gasteiger partial charge in [0.2, 0.25) is 0 Å². The summed E-state index contributed by atoms with van der Waals surface area (Å²) in [7, 11) is 0. The molecule has 2 heterocycles. The summed E-state index contributed by atoms with van der Waals surface area (Å²) in [6.45, 7) is 0. The molecule has 0 saturated heterocycles. The summed E-state index contributed by atoms with van der Waals surface area (Å²) in [5.74, 6) is -1.44. The number of nitrogens with zero attached hydrogens (tertiary/aromatic N) is 3. The fraction of sp³-hybridized carbons (Fsp3) is 0. The Hall–Kier alpha value is -8.85. The van der Waals surface area contributed by atoms with Gasteiger partial charge in [-0.2, -0.15) is 5.26 Å². The molecule has 0 saturated carbocycles. The second-order valence-corrected chi connectivity index (χ2v) is 16.6. The fourth-order valence-electron chi connectivity index (χ4n) is 9.84. The molecule has 0 fully saturated rings. The Morgan fingerprint density at radius 2 is 0.682 bits per heavy atom. The van der Waals surface area contributed by atoms with E-state index in [0.29, 0.717) is 11.4 Å². The van der Waals surface area contributed by atoms with Gasteiger partial charge in [0.1, 0.15) is 23.3 Å². The maximum absolute atomic E-state index is 16.5. The van der Waals surface area contributed by atoms with Crippen molar-refractivity contribution in [2.45, 2.75) is 0 Å². The van der Waals surface area contributed by atoms with Crippen LogP contribution in [0, 0.1) is 23.0 Å². The molecule has 3 nitrogen and oxygen atoms in total. The first kappa shape index (κ1) is 38.8. The predicted molar refractivity (Wildman–Crippen MR) is 267 cm³/mol. The Balaban J connectivity index is 1.25. The maximum atomic E-state index is 16.5. The Bertz CT molecular complexity index is 3670. The molecule has 310 valence electrons. The monoisotopic (exact) mass is 849 g/mol. The van der Waals surface area contributed by atoms with Gasteiger partial charge in [0, 0.05) is 27.1 Å². The van der Waals surface area contributed by atoms with Crippen LogP contribution in [0.4, 0.5) is 8.78 Å². The van der Waals surface area contributed by atoms with Crippen molar-refractivity contribution in [2.24, 2.45) is 0 Å². The summed E-state index contributed by atoms with van der Waals surface area (Å²) in [5, 5.41) is 15.8. The van der Waals surface area contributed by atoms with Crippen LogP contribution in [0.2, 0.25) is 0 Å². The molecule has 5 heteroatoms. The minimum absolute atomic E-state index is 0.205. The van der Waals surface area contributed by atoms with E-state index in [-0.39, 0.29) is 16.7 Å². The van der Waals surface area contributed by atoms with Gasteiger partial charge in [0.15, 0.2) is 0 Å². The number of fused-ring (bicyclic) bond motifs is 6. The lowest BCUT2D eigenvalue weighted by Gasteiger charge is -2.21. The molecule has 0 radical (unpaired) electrons. The first-order valence-corrected chi connectivity index (χ1v) is 21.9. The van der Waals surface area contributed by atoms with Crippen molar-refractivity contribution in [1.82, 2.24) is 9.13 Å². The van der Waals surface area contributed by atoms with E-state index in [0.717, 1.165) is 88.1 Å². The molecule has 66 heavy (non-hydrogen) atoms. The predicted octanol–water partition coefficient (Wildman–Crippen LogP) is 16.4. The Morgan fingerprint density at radius 3 is 1.03 bits per heavy atom. The molecule has 0 spiro atoms. The van der Waals surface area contributed by atoms with Gasteiger partial charge in [0.25, 0.3) is 0 Å². The van der Waals surface area contributed by atoms with Gasteiger partial charge in [-0.25, -0.2) is 8.78 Å².